The van der Waals surface area contributed by atoms with E-state index >= 15 is 0 Å². The minimum Gasteiger partial charge on any atom is -0.396 e. The minimum absolute atomic E-state index is 0.0581. The number of ketones is 1. The summed E-state index contributed by atoms with van der Waals surface area (Å²) in [7, 11) is 0. The normalized spacial score (nSPS) is 13.2. The third kappa shape index (κ3) is 9.42. The minimum atomic E-state index is -0.655. The molecule has 0 spiro atoms. The fourth-order valence-electron chi connectivity index (χ4n) is 1.56. The molecule has 0 aliphatic heterocycles. The van der Waals surface area contributed by atoms with Crippen molar-refractivity contribution in [3.8, 4) is 0 Å². The summed E-state index contributed by atoms with van der Waals surface area (Å²) >= 11 is 1.04. The van der Waals surface area contributed by atoms with Gasteiger partial charge in [0.15, 0.2) is 10.9 Å². The average Bonchev–Trinajstić information content (AvgIpc) is 2.37. The number of rotatable bonds is 8. The van der Waals surface area contributed by atoms with Gasteiger partial charge in [0, 0.05) is 31.1 Å². The van der Waals surface area contributed by atoms with Crippen molar-refractivity contribution >= 4 is 28.6 Å². The highest BCUT2D eigenvalue weighted by atomic mass is 32.2. The lowest BCUT2D eigenvalue weighted by Gasteiger charge is -2.24. The summed E-state index contributed by atoms with van der Waals surface area (Å²) in [5.41, 5.74) is -0.572. The third-order valence-electron chi connectivity index (χ3n) is 2.59. The van der Waals surface area contributed by atoms with Crippen LogP contribution in [0.15, 0.2) is 12.2 Å². The second-order valence-corrected chi connectivity index (χ2v) is 6.82. The van der Waals surface area contributed by atoms with E-state index in [1.165, 1.54) is 6.92 Å². The number of amides is 1. The maximum atomic E-state index is 12.2. The first-order valence-electron chi connectivity index (χ1n) is 6.91. The highest BCUT2D eigenvalue weighted by molar-refractivity contribution is 8.13. The van der Waals surface area contributed by atoms with Crippen molar-refractivity contribution in [2.75, 3.05) is 12.4 Å². The molecule has 0 saturated carbocycles. The summed E-state index contributed by atoms with van der Waals surface area (Å²) in [6, 6.07) is -0.655. The molecule has 0 fully saturated rings. The highest BCUT2D eigenvalue weighted by Gasteiger charge is 2.30. The van der Waals surface area contributed by atoms with Crippen molar-refractivity contribution in [2.24, 2.45) is 5.41 Å². The maximum absolute atomic E-state index is 12.2. The monoisotopic (exact) mass is 315 g/mol. The Balaban J connectivity index is 4.46. The number of aliphatic hydroxyl groups is 1. The van der Waals surface area contributed by atoms with Crippen LogP contribution in [0.4, 0.5) is 0 Å². The summed E-state index contributed by atoms with van der Waals surface area (Å²) in [5.74, 6) is -0.134. The second-order valence-electron chi connectivity index (χ2n) is 5.74. The van der Waals surface area contributed by atoms with E-state index in [4.69, 9.17) is 5.11 Å². The van der Waals surface area contributed by atoms with E-state index in [0.717, 1.165) is 11.8 Å². The van der Waals surface area contributed by atoms with Crippen LogP contribution in [0.25, 0.3) is 0 Å². The number of carbonyl (C=O) groups excluding carboxylic acids is 3. The highest BCUT2D eigenvalue weighted by Crippen LogP contribution is 2.19. The van der Waals surface area contributed by atoms with Crippen LogP contribution in [-0.4, -0.2) is 40.3 Å². The number of thioether (sulfide) groups is 1. The van der Waals surface area contributed by atoms with E-state index in [9.17, 15) is 14.4 Å². The zero-order valence-electron chi connectivity index (χ0n) is 13.1. The van der Waals surface area contributed by atoms with E-state index < -0.39 is 11.5 Å². The predicted octanol–water partition coefficient (Wildman–Crippen LogP) is 1.69. The fraction of sp³-hybridized carbons (Fsp3) is 0.667. The molecule has 0 radical (unpaired) electrons. The molecule has 0 aromatic heterocycles. The van der Waals surface area contributed by atoms with E-state index in [2.05, 4.69) is 5.32 Å². The molecule has 2 N–H and O–H groups in total. The van der Waals surface area contributed by atoms with Crippen LogP contribution in [0.1, 0.15) is 40.5 Å². The molecule has 1 amide bonds. The molecular weight excluding hydrogens is 290 g/mol. The number of Topliss-reactive ketones (excluding diaryl/α,β-unsaturated/α-hetero) is 1. The summed E-state index contributed by atoms with van der Waals surface area (Å²) in [5, 5.41) is 11.1. The van der Waals surface area contributed by atoms with Crippen molar-refractivity contribution in [1.82, 2.24) is 5.32 Å². The molecule has 1 atom stereocenters. The van der Waals surface area contributed by atoms with Crippen LogP contribution in [-0.2, 0) is 14.4 Å². The Labute approximate surface area is 130 Å². The summed E-state index contributed by atoms with van der Waals surface area (Å²) in [6.45, 7) is 6.77. The van der Waals surface area contributed by atoms with Gasteiger partial charge in [0.25, 0.3) is 0 Å². The second kappa shape index (κ2) is 9.73. The molecule has 0 saturated heterocycles. The van der Waals surface area contributed by atoms with Crippen LogP contribution in [0, 0.1) is 5.41 Å². The molecule has 0 aromatic rings. The van der Waals surface area contributed by atoms with Crippen molar-refractivity contribution in [3.05, 3.63) is 12.2 Å². The smallest absolute Gasteiger partial charge is 0.217 e. The van der Waals surface area contributed by atoms with Gasteiger partial charge < -0.3 is 10.4 Å². The van der Waals surface area contributed by atoms with Gasteiger partial charge in [-0.2, -0.15) is 0 Å². The Hall–Kier alpha value is -1.14. The lowest BCUT2D eigenvalue weighted by Crippen LogP contribution is -2.46. The Bertz CT molecular complexity index is 399. The predicted molar refractivity (Wildman–Crippen MR) is 85.0 cm³/mol. The van der Waals surface area contributed by atoms with Gasteiger partial charge in [-0.25, -0.2) is 0 Å². The lowest BCUT2D eigenvalue weighted by atomic mass is 9.87. The zero-order chi connectivity index (χ0) is 16.5. The van der Waals surface area contributed by atoms with Crippen LogP contribution in [0.3, 0.4) is 0 Å². The molecule has 21 heavy (non-hydrogen) atoms. The molecule has 0 heterocycles. The molecule has 5 nitrogen and oxygen atoms in total. The van der Waals surface area contributed by atoms with Crippen molar-refractivity contribution in [2.45, 2.75) is 46.6 Å². The number of hydrogen-bond donors (Lipinski definition) is 2. The number of carbonyl (C=O) groups is 3. The molecule has 0 aliphatic carbocycles. The van der Waals surface area contributed by atoms with Gasteiger partial charge >= 0.3 is 0 Å². The fourth-order valence-corrected chi connectivity index (χ4v) is 2.36. The molecule has 0 bridgehead atoms. The Morgan fingerprint density at radius 2 is 1.86 bits per heavy atom. The molecule has 6 heteroatoms. The standard InChI is InChI=1S/C15H25NO4S/c1-11(18)16-12(14(20)15(2,3)4)10-21-13(19)8-6-5-7-9-17/h5-6,12,17H,7-10H2,1-4H3,(H,16,18)/b6-5-/t12-/m1/s1. The topological polar surface area (TPSA) is 83.5 Å². The van der Waals surface area contributed by atoms with E-state index in [1.807, 2.05) is 0 Å². The summed E-state index contributed by atoms with van der Waals surface area (Å²) in [4.78, 5) is 35.1. The zero-order valence-corrected chi connectivity index (χ0v) is 14.0. The van der Waals surface area contributed by atoms with Crippen LogP contribution in [0.5, 0.6) is 0 Å². The number of hydrogen-bond acceptors (Lipinski definition) is 5. The number of nitrogens with one attached hydrogen (secondary N) is 1. The van der Waals surface area contributed by atoms with Crippen LogP contribution in [0.2, 0.25) is 0 Å². The van der Waals surface area contributed by atoms with E-state index in [0.29, 0.717) is 6.42 Å². The van der Waals surface area contributed by atoms with Crippen LogP contribution >= 0.6 is 11.8 Å². The summed E-state index contributed by atoms with van der Waals surface area (Å²) in [6.07, 6.45) is 4.21. The first kappa shape index (κ1) is 19.9. The summed E-state index contributed by atoms with van der Waals surface area (Å²) < 4.78 is 0. The quantitative estimate of drug-likeness (QED) is 0.666. The number of aliphatic hydroxyl groups excluding tert-OH is 1. The van der Waals surface area contributed by atoms with Crippen molar-refractivity contribution < 1.29 is 19.5 Å². The Kier molecular flexibility index (Phi) is 9.21. The first-order valence-corrected chi connectivity index (χ1v) is 7.90. The van der Waals surface area contributed by atoms with Gasteiger partial charge in [0.1, 0.15) is 0 Å². The average molecular weight is 315 g/mol. The Morgan fingerprint density at radius 3 is 2.33 bits per heavy atom. The van der Waals surface area contributed by atoms with Gasteiger partial charge in [0.2, 0.25) is 5.91 Å². The first-order chi connectivity index (χ1) is 9.68. The Morgan fingerprint density at radius 1 is 1.24 bits per heavy atom. The molecule has 0 aromatic carbocycles. The van der Waals surface area contributed by atoms with E-state index in [-0.39, 0.29) is 35.6 Å². The van der Waals surface area contributed by atoms with Gasteiger partial charge in [-0.3, -0.25) is 14.4 Å². The van der Waals surface area contributed by atoms with Crippen LogP contribution < -0.4 is 5.32 Å². The van der Waals surface area contributed by atoms with Gasteiger partial charge in [-0.15, -0.1) is 0 Å². The molecule has 0 unspecified atom stereocenters. The lowest BCUT2D eigenvalue weighted by molar-refractivity contribution is -0.131. The molecule has 0 rings (SSSR count). The third-order valence-corrected chi connectivity index (χ3v) is 3.58. The van der Waals surface area contributed by atoms with E-state index in [1.54, 1.807) is 32.9 Å². The van der Waals surface area contributed by atoms with Crippen molar-refractivity contribution in [1.29, 1.82) is 0 Å². The molecule has 0 aliphatic rings. The SMILES string of the molecule is CC(=O)N[C@H](CSC(=O)C/C=C\CCO)C(=O)C(C)(C)C. The largest absolute Gasteiger partial charge is 0.396 e. The van der Waals surface area contributed by atoms with Gasteiger partial charge in [-0.05, 0) is 6.42 Å². The molecule has 120 valence electrons. The number of allylic oxidation sites excluding steroid dienone is 1. The van der Waals surface area contributed by atoms with Crippen molar-refractivity contribution in [3.63, 3.8) is 0 Å². The molecular formula is C15H25NO4S. The maximum Gasteiger partial charge on any atom is 0.217 e. The van der Waals surface area contributed by atoms with Gasteiger partial charge in [0.05, 0.1) is 6.04 Å². The van der Waals surface area contributed by atoms with Gasteiger partial charge in [-0.1, -0.05) is 44.7 Å².